The van der Waals surface area contributed by atoms with Crippen molar-refractivity contribution in [2.24, 2.45) is 5.92 Å². The second-order valence-electron chi connectivity index (χ2n) is 6.69. The van der Waals surface area contributed by atoms with Crippen molar-refractivity contribution in [3.63, 3.8) is 0 Å². The second kappa shape index (κ2) is 6.70. The average molecular weight is 380 g/mol. The molecule has 2 bridgehead atoms. The molecule has 2 aliphatic rings. The summed E-state index contributed by atoms with van der Waals surface area (Å²) in [5.74, 6) is -0.235. The van der Waals surface area contributed by atoms with Crippen molar-refractivity contribution in [3.8, 4) is 5.75 Å². The van der Waals surface area contributed by atoms with E-state index in [1.165, 1.54) is 0 Å². The maximum absolute atomic E-state index is 13.0. The quantitative estimate of drug-likeness (QED) is 0.497. The van der Waals surface area contributed by atoms with Crippen molar-refractivity contribution in [2.45, 2.75) is 18.7 Å². The molecule has 2 heterocycles. The molecular formula is C21H20N2O3S. The summed E-state index contributed by atoms with van der Waals surface area (Å²) >= 11 is 5.66. The zero-order valence-electron chi connectivity index (χ0n) is 14.9. The van der Waals surface area contributed by atoms with Crippen LogP contribution in [-0.4, -0.2) is 23.4 Å². The summed E-state index contributed by atoms with van der Waals surface area (Å²) in [6.45, 7) is 5.66. The highest BCUT2D eigenvalue weighted by molar-refractivity contribution is 7.80. The van der Waals surface area contributed by atoms with Gasteiger partial charge in [-0.05, 0) is 37.3 Å². The highest BCUT2D eigenvalue weighted by Gasteiger charge is 2.59. The molecule has 0 amide bonds. The molecule has 2 aromatic carbocycles. The lowest BCUT2D eigenvalue weighted by Crippen LogP contribution is -2.71. The fourth-order valence-corrected chi connectivity index (χ4v) is 4.30. The van der Waals surface area contributed by atoms with E-state index >= 15 is 0 Å². The van der Waals surface area contributed by atoms with E-state index in [1.807, 2.05) is 66.4 Å². The lowest BCUT2D eigenvalue weighted by molar-refractivity contribution is -0.159. The van der Waals surface area contributed by atoms with Crippen LogP contribution >= 0.6 is 12.2 Å². The lowest BCUT2D eigenvalue weighted by Gasteiger charge is -2.55. The van der Waals surface area contributed by atoms with Crippen LogP contribution in [0.5, 0.6) is 5.75 Å². The second-order valence-corrected chi connectivity index (χ2v) is 7.08. The van der Waals surface area contributed by atoms with Gasteiger partial charge in [-0.3, -0.25) is 9.69 Å². The van der Waals surface area contributed by atoms with Crippen molar-refractivity contribution in [3.05, 3.63) is 72.8 Å². The molecule has 6 heteroatoms. The molecule has 0 aliphatic carbocycles. The van der Waals surface area contributed by atoms with Crippen LogP contribution in [-0.2, 0) is 9.53 Å². The molecule has 2 aliphatic heterocycles. The predicted molar refractivity (Wildman–Crippen MR) is 108 cm³/mol. The van der Waals surface area contributed by atoms with Gasteiger partial charge >= 0.3 is 5.97 Å². The number of hydrogen-bond acceptors (Lipinski definition) is 4. The van der Waals surface area contributed by atoms with Gasteiger partial charge in [0.25, 0.3) is 0 Å². The van der Waals surface area contributed by atoms with E-state index in [0.717, 1.165) is 17.0 Å². The Balaban J connectivity index is 1.86. The number of carbonyl (C=O) groups excluding carboxylic acids is 1. The number of rotatable bonds is 4. The van der Waals surface area contributed by atoms with Crippen LogP contribution in [0, 0.1) is 5.92 Å². The fraction of sp³-hybridized carbons (Fsp3) is 0.238. The third-order valence-electron chi connectivity index (χ3n) is 5.02. The van der Waals surface area contributed by atoms with E-state index < -0.39 is 11.6 Å². The largest absolute Gasteiger partial charge is 0.466 e. The van der Waals surface area contributed by atoms with Gasteiger partial charge in [-0.15, -0.1) is 0 Å². The van der Waals surface area contributed by atoms with Crippen molar-refractivity contribution >= 4 is 29.0 Å². The monoisotopic (exact) mass is 380 g/mol. The number of esters is 1. The molecule has 0 spiro atoms. The Morgan fingerprint density at radius 3 is 2.74 bits per heavy atom. The summed E-state index contributed by atoms with van der Waals surface area (Å²) in [6.07, 6.45) is 1.56. The SMILES string of the molecule is C=CCOC(=O)[C@@H]1[C@H]2NC(=S)N(c3ccccc3)[C@@]1(C)Oc1ccccc12. The number of anilines is 1. The smallest absolute Gasteiger partial charge is 0.317 e. The van der Waals surface area contributed by atoms with E-state index in [9.17, 15) is 4.79 Å². The molecule has 0 unspecified atom stereocenters. The van der Waals surface area contributed by atoms with Crippen LogP contribution in [0.2, 0.25) is 0 Å². The Morgan fingerprint density at radius 1 is 1.30 bits per heavy atom. The van der Waals surface area contributed by atoms with Crippen LogP contribution in [0.25, 0.3) is 0 Å². The summed E-state index contributed by atoms with van der Waals surface area (Å²) in [4.78, 5) is 14.9. The summed E-state index contributed by atoms with van der Waals surface area (Å²) in [5.41, 5.74) is 0.712. The summed E-state index contributed by atoms with van der Waals surface area (Å²) in [7, 11) is 0. The Hall–Kier alpha value is -2.86. The van der Waals surface area contributed by atoms with Gasteiger partial charge in [0.1, 0.15) is 18.3 Å². The van der Waals surface area contributed by atoms with Crippen molar-refractivity contribution in [2.75, 3.05) is 11.5 Å². The molecule has 4 rings (SSSR count). The predicted octanol–water partition coefficient (Wildman–Crippen LogP) is 3.58. The van der Waals surface area contributed by atoms with Crippen molar-refractivity contribution in [1.82, 2.24) is 5.32 Å². The van der Waals surface area contributed by atoms with Gasteiger partial charge in [-0.25, -0.2) is 0 Å². The molecule has 2 aromatic rings. The van der Waals surface area contributed by atoms with Crippen LogP contribution in [0.4, 0.5) is 5.69 Å². The Morgan fingerprint density at radius 2 is 2.00 bits per heavy atom. The molecular weight excluding hydrogens is 360 g/mol. The van der Waals surface area contributed by atoms with Crippen molar-refractivity contribution < 1.29 is 14.3 Å². The van der Waals surface area contributed by atoms with Crippen LogP contribution in [0.3, 0.4) is 0 Å². The molecule has 27 heavy (non-hydrogen) atoms. The number of thiocarbonyl (C=S) groups is 1. The van der Waals surface area contributed by atoms with Gasteiger partial charge in [0, 0.05) is 11.3 Å². The minimum Gasteiger partial charge on any atom is -0.466 e. The molecule has 5 nitrogen and oxygen atoms in total. The topological polar surface area (TPSA) is 50.8 Å². The third kappa shape index (κ3) is 2.77. The number of nitrogens with zero attached hydrogens (tertiary/aromatic N) is 1. The average Bonchev–Trinajstić information content (AvgIpc) is 2.66. The summed E-state index contributed by atoms with van der Waals surface area (Å²) < 4.78 is 11.8. The molecule has 0 saturated carbocycles. The first-order valence-electron chi connectivity index (χ1n) is 8.77. The molecule has 1 N–H and O–H groups in total. The van der Waals surface area contributed by atoms with Crippen LogP contribution in [0.1, 0.15) is 18.5 Å². The standard InChI is InChI=1S/C21H20N2O3S/c1-3-13-25-19(24)17-18-15-11-7-8-12-16(15)26-21(17,2)23(20(27)22-18)14-9-5-4-6-10-14/h3-12,17-18H,1,13H2,2H3,(H,22,27)/t17-,18-,21-/m0/s1. The van der Waals surface area contributed by atoms with E-state index in [1.54, 1.807) is 6.08 Å². The molecule has 138 valence electrons. The Kier molecular flexibility index (Phi) is 4.36. The van der Waals surface area contributed by atoms with Gasteiger partial charge < -0.3 is 14.8 Å². The van der Waals surface area contributed by atoms with Gasteiger partial charge in [0.15, 0.2) is 5.11 Å². The third-order valence-corrected chi connectivity index (χ3v) is 5.32. The normalized spacial score (nSPS) is 25.7. The van der Waals surface area contributed by atoms with E-state index in [-0.39, 0.29) is 18.6 Å². The fourth-order valence-electron chi connectivity index (χ4n) is 3.89. The number of benzene rings is 2. The number of hydrogen-bond donors (Lipinski definition) is 1. The molecule has 1 fully saturated rings. The maximum Gasteiger partial charge on any atom is 0.317 e. The van der Waals surface area contributed by atoms with Gasteiger partial charge in [-0.1, -0.05) is 49.1 Å². The van der Waals surface area contributed by atoms with Gasteiger partial charge in [-0.2, -0.15) is 0 Å². The minimum atomic E-state index is -1.03. The van der Waals surface area contributed by atoms with Crippen LogP contribution in [0.15, 0.2) is 67.3 Å². The molecule has 0 radical (unpaired) electrons. The molecule has 0 aromatic heterocycles. The number of para-hydroxylation sites is 2. The highest BCUT2D eigenvalue weighted by atomic mass is 32.1. The minimum absolute atomic E-state index is 0.148. The summed E-state index contributed by atoms with van der Waals surface area (Å²) in [5, 5.41) is 3.85. The molecule has 1 saturated heterocycles. The highest BCUT2D eigenvalue weighted by Crippen LogP contribution is 2.49. The van der Waals surface area contributed by atoms with Gasteiger partial charge in [0.05, 0.1) is 6.04 Å². The first-order valence-corrected chi connectivity index (χ1v) is 9.18. The van der Waals surface area contributed by atoms with E-state index in [0.29, 0.717) is 5.11 Å². The first kappa shape index (κ1) is 17.5. The summed E-state index contributed by atoms with van der Waals surface area (Å²) in [6, 6.07) is 17.0. The Bertz CT molecular complexity index is 901. The van der Waals surface area contributed by atoms with Crippen molar-refractivity contribution in [1.29, 1.82) is 0 Å². The van der Waals surface area contributed by atoms with Gasteiger partial charge in [0.2, 0.25) is 5.72 Å². The van der Waals surface area contributed by atoms with E-state index in [2.05, 4.69) is 11.9 Å². The van der Waals surface area contributed by atoms with E-state index in [4.69, 9.17) is 21.7 Å². The molecule has 3 atom stereocenters. The first-order chi connectivity index (χ1) is 13.1. The zero-order chi connectivity index (χ0) is 19.0. The zero-order valence-corrected chi connectivity index (χ0v) is 15.7. The van der Waals surface area contributed by atoms with Crippen LogP contribution < -0.4 is 15.0 Å². The number of nitrogens with one attached hydrogen (secondary N) is 1. The Labute approximate surface area is 163 Å². The lowest BCUT2D eigenvalue weighted by atomic mass is 9.79. The maximum atomic E-state index is 13.0. The number of ether oxygens (including phenoxy) is 2. The number of carbonyl (C=O) groups is 1. The number of fused-ring (bicyclic) bond motifs is 4.